The van der Waals surface area contributed by atoms with Crippen LogP contribution < -0.4 is 0 Å². The smallest absolute Gasteiger partial charge is 0.442 e. The van der Waals surface area contributed by atoms with E-state index < -0.39 is 63.6 Å². The fourth-order valence-electron chi connectivity index (χ4n) is 6.19. The standard InChI is InChI=1S/C36H13F4N5O6S2/c37-14-6-16-18(30(46)32(48)24(16)20(39)8-14)10-22-41-28-26-27(44-45(43-26)36(50)51-12-13-4-2-1-3-5-13)29-35(34(28)52-22)53-23(42-29)11-19-17-7-15(38)9-21(40)25(17)33(49)31(19)47/h1-11H,12H2/b18-10-,19-11-. The van der Waals surface area contributed by atoms with Gasteiger partial charge in [0.25, 0.3) is 0 Å². The van der Waals surface area contributed by atoms with E-state index in [9.17, 15) is 41.5 Å². The summed E-state index contributed by atoms with van der Waals surface area (Å²) in [5.41, 5.74) is -1.05. The van der Waals surface area contributed by atoms with Crippen LogP contribution in [0, 0.1) is 23.3 Å². The molecule has 258 valence electrons. The number of nitrogens with zero attached hydrogens (tertiary/aromatic N) is 5. The number of hydrogen-bond donors (Lipinski definition) is 0. The van der Waals surface area contributed by atoms with E-state index in [0.29, 0.717) is 31.9 Å². The maximum atomic E-state index is 14.5. The minimum atomic E-state index is -1.19. The van der Waals surface area contributed by atoms with Gasteiger partial charge in [0.05, 0.1) is 20.5 Å². The maximum Gasteiger partial charge on any atom is 0.452 e. The summed E-state index contributed by atoms with van der Waals surface area (Å²) in [5, 5.41) is 8.85. The number of fused-ring (bicyclic) bond motifs is 8. The number of rotatable bonds is 4. The monoisotopic (exact) mass is 751 g/mol. The van der Waals surface area contributed by atoms with Crippen molar-refractivity contribution in [2.45, 2.75) is 6.61 Å². The van der Waals surface area contributed by atoms with Crippen molar-refractivity contribution in [1.29, 1.82) is 0 Å². The van der Waals surface area contributed by atoms with Crippen molar-refractivity contribution in [2.24, 2.45) is 0 Å². The lowest BCUT2D eigenvalue weighted by atomic mass is 10.1. The van der Waals surface area contributed by atoms with E-state index in [2.05, 4.69) is 20.2 Å². The van der Waals surface area contributed by atoms with Crippen molar-refractivity contribution in [1.82, 2.24) is 25.0 Å². The Morgan fingerprint density at radius 1 is 0.660 bits per heavy atom. The van der Waals surface area contributed by atoms with Gasteiger partial charge in [0.1, 0.15) is 62.0 Å². The first-order valence-corrected chi connectivity index (χ1v) is 16.9. The lowest BCUT2D eigenvalue weighted by Crippen LogP contribution is -2.16. The van der Waals surface area contributed by atoms with Crippen molar-refractivity contribution in [3.05, 3.63) is 116 Å². The van der Waals surface area contributed by atoms with Gasteiger partial charge in [-0.1, -0.05) is 35.1 Å². The van der Waals surface area contributed by atoms with Gasteiger partial charge in [-0.3, -0.25) is 19.2 Å². The third kappa shape index (κ3) is 5.03. The van der Waals surface area contributed by atoms with Gasteiger partial charge in [-0.25, -0.2) is 32.3 Å². The SMILES string of the molecule is O=C1C(=O)c2c(F)cc(F)cc2/C1=C/c1nc2c3nn(C(=O)OCc4ccccc4)nc3c3nc(/C=C4\C(=O)C(=O)c5c(F)cc(F)cc54)sc3c2s1. The summed E-state index contributed by atoms with van der Waals surface area (Å²) in [6.07, 6.45) is 1.46. The maximum absolute atomic E-state index is 14.5. The molecule has 0 fully saturated rings. The topological polar surface area (TPSA) is 151 Å². The number of benzene rings is 4. The normalized spacial score (nSPS) is 15.5. The van der Waals surface area contributed by atoms with E-state index in [1.807, 2.05) is 0 Å². The molecule has 0 saturated carbocycles. The Morgan fingerprint density at radius 3 is 1.60 bits per heavy atom. The highest BCUT2D eigenvalue weighted by Crippen LogP contribution is 2.43. The molecule has 53 heavy (non-hydrogen) atoms. The van der Waals surface area contributed by atoms with E-state index in [-0.39, 0.29) is 61.0 Å². The number of allylic oxidation sites excluding steroid dienone is 2. The Morgan fingerprint density at radius 2 is 1.13 bits per heavy atom. The fourth-order valence-corrected chi connectivity index (χ4v) is 8.35. The predicted molar refractivity (Wildman–Crippen MR) is 183 cm³/mol. The summed E-state index contributed by atoms with van der Waals surface area (Å²) in [7, 11) is 0. The first-order valence-electron chi connectivity index (χ1n) is 15.3. The van der Waals surface area contributed by atoms with Crippen LogP contribution in [0.5, 0.6) is 0 Å². The van der Waals surface area contributed by atoms with E-state index in [1.165, 1.54) is 12.2 Å². The van der Waals surface area contributed by atoms with Crippen molar-refractivity contribution < 1.29 is 46.3 Å². The zero-order valence-corrected chi connectivity index (χ0v) is 27.7. The summed E-state index contributed by atoms with van der Waals surface area (Å²) >= 11 is 1.97. The Hall–Kier alpha value is -6.59. The molecule has 0 saturated heterocycles. The van der Waals surface area contributed by atoms with Gasteiger partial charge in [-0.15, -0.1) is 32.9 Å². The van der Waals surface area contributed by atoms with Crippen molar-refractivity contribution in [2.75, 3.05) is 0 Å². The Bertz CT molecular complexity index is 2780. The van der Waals surface area contributed by atoms with Crippen LogP contribution in [0.2, 0.25) is 0 Å². The number of hydrogen-bond acceptors (Lipinski definition) is 12. The second-order valence-electron chi connectivity index (χ2n) is 11.7. The van der Waals surface area contributed by atoms with E-state index in [0.717, 1.165) is 34.8 Å². The number of ether oxygens (including phenoxy) is 1. The van der Waals surface area contributed by atoms with Gasteiger partial charge >= 0.3 is 6.09 Å². The molecule has 2 aliphatic rings. The first-order chi connectivity index (χ1) is 25.5. The van der Waals surface area contributed by atoms with Crippen LogP contribution >= 0.6 is 22.7 Å². The minimum Gasteiger partial charge on any atom is -0.442 e. The summed E-state index contributed by atoms with van der Waals surface area (Å²) in [6, 6.07) is 11.6. The van der Waals surface area contributed by atoms with Gasteiger partial charge < -0.3 is 4.74 Å². The van der Waals surface area contributed by atoms with Crippen LogP contribution in [0.4, 0.5) is 22.4 Å². The number of aromatic nitrogens is 5. The van der Waals surface area contributed by atoms with Gasteiger partial charge in [0, 0.05) is 34.4 Å². The molecular formula is C36H13F4N5O6S2. The summed E-state index contributed by atoms with van der Waals surface area (Å²) in [4.78, 5) is 74.1. The largest absolute Gasteiger partial charge is 0.452 e. The lowest BCUT2D eigenvalue weighted by Gasteiger charge is -2.02. The number of carbonyl (C=O) groups is 5. The van der Waals surface area contributed by atoms with Crippen LogP contribution in [0.25, 0.3) is 54.8 Å². The molecule has 0 amide bonds. The summed E-state index contributed by atoms with van der Waals surface area (Å²) in [5.74, 6) is -8.80. The summed E-state index contributed by atoms with van der Waals surface area (Å²) < 4.78 is 63.6. The first kappa shape index (κ1) is 32.3. The highest BCUT2D eigenvalue weighted by Gasteiger charge is 2.38. The highest BCUT2D eigenvalue weighted by molar-refractivity contribution is 7.27. The zero-order valence-electron chi connectivity index (χ0n) is 26.1. The molecule has 0 bridgehead atoms. The van der Waals surface area contributed by atoms with Crippen molar-refractivity contribution in [3.63, 3.8) is 0 Å². The second-order valence-corrected chi connectivity index (χ2v) is 13.8. The quantitative estimate of drug-likeness (QED) is 0.104. The number of halogens is 4. The molecule has 2 aliphatic carbocycles. The Kier molecular flexibility index (Phi) is 7.15. The molecule has 17 heteroatoms. The molecule has 7 aromatic rings. The van der Waals surface area contributed by atoms with Gasteiger partial charge in [-0.05, 0) is 29.8 Å². The molecule has 4 aromatic carbocycles. The van der Waals surface area contributed by atoms with Crippen molar-refractivity contribution in [3.8, 4) is 0 Å². The third-order valence-corrected chi connectivity index (χ3v) is 10.7. The molecule has 0 unspecified atom stereocenters. The minimum absolute atomic E-state index is 0.0579. The van der Waals surface area contributed by atoms with Gasteiger partial charge in [0.15, 0.2) is 0 Å². The number of carbonyl (C=O) groups excluding carboxylic acids is 5. The molecule has 3 aromatic heterocycles. The van der Waals surface area contributed by atoms with Gasteiger partial charge in [-0.2, -0.15) is 0 Å². The molecule has 11 nitrogen and oxygen atoms in total. The van der Waals surface area contributed by atoms with E-state index in [1.54, 1.807) is 30.3 Å². The van der Waals surface area contributed by atoms with Crippen molar-refractivity contribution >= 4 is 107 Å². The number of ketones is 4. The molecule has 0 radical (unpaired) electrons. The number of Topliss-reactive ketones (excluding diaryl/α,β-unsaturated/α-hetero) is 4. The Balaban J connectivity index is 1.23. The highest BCUT2D eigenvalue weighted by atomic mass is 32.1. The van der Waals surface area contributed by atoms with Crippen LogP contribution in [-0.4, -0.2) is 54.2 Å². The average molecular weight is 752 g/mol. The van der Waals surface area contributed by atoms with E-state index >= 15 is 0 Å². The molecule has 3 heterocycles. The predicted octanol–water partition coefficient (Wildman–Crippen LogP) is 7.00. The molecule has 9 rings (SSSR count). The molecule has 0 N–H and O–H groups in total. The second kappa shape index (κ2) is 11.7. The number of thiazole rings is 2. The van der Waals surface area contributed by atoms with Crippen LogP contribution in [0.3, 0.4) is 0 Å². The fraction of sp³-hybridized carbons (Fsp3) is 0.0278. The molecule has 0 spiro atoms. The van der Waals surface area contributed by atoms with Crippen LogP contribution in [0.1, 0.15) is 47.4 Å². The third-order valence-electron chi connectivity index (χ3n) is 8.51. The lowest BCUT2D eigenvalue weighted by molar-refractivity contribution is -0.110. The molecule has 0 atom stereocenters. The van der Waals surface area contributed by atoms with E-state index in [4.69, 9.17) is 4.74 Å². The Labute approximate surface area is 299 Å². The van der Waals surface area contributed by atoms with Crippen LogP contribution in [-0.2, 0) is 20.9 Å². The summed E-state index contributed by atoms with van der Waals surface area (Å²) in [6.45, 7) is -0.101. The molecular weight excluding hydrogens is 739 g/mol. The van der Waals surface area contributed by atoms with Gasteiger partial charge in [0.2, 0.25) is 23.1 Å². The van der Waals surface area contributed by atoms with Crippen LogP contribution in [0.15, 0.2) is 54.6 Å². The molecule has 0 aliphatic heterocycles. The average Bonchev–Trinajstić information content (AvgIpc) is 3.93. The zero-order chi connectivity index (χ0) is 36.9.